The second kappa shape index (κ2) is 12.7. The summed E-state index contributed by atoms with van der Waals surface area (Å²) in [6.45, 7) is 13.3. The van der Waals surface area contributed by atoms with Gasteiger partial charge in [0.05, 0.1) is 0 Å². The zero-order valence-corrected chi connectivity index (χ0v) is 13.4. The average molecular weight is 278 g/mol. The lowest BCUT2D eigenvalue weighted by Gasteiger charge is -1.82. The molecular formula is C21H26. The highest BCUT2D eigenvalue weighted by Crippen LogP contribution is 1.92. The molecule has 0 unspecified atom stereocenters. The third-order valence-electron chi connectivity index (χ3n) is 2.40. The van der Waals surface area contributed by atoms with Crippen LogP contribution in [-0.4, -0.2) is 0 Å². The van der Waals surface area contributed by atoms with Gasteiger partial charge in [0.1, 0.15) is 0 Å². The van der Waals surface area contributed by atoms with Crippen molar-refractivity contribution in [3.63, 3.8) is 0 Å². The maximum Gasteiger partial charge on any atom is -0.0398 e. The van der Waals surface area contributed by atoms with Crippen LogP contribution in [0.2, 0.25) is 0 Å². The number of rotatable bonds is 2. The third kappa shape index (κ3) is 13.9. The Hall–Kier alpha value is -2.34. The second-order valence-corrected chi connectivity index (χ2v) is 4.75. The number of allylic oxidation sites excluding steroid dienone is 4. The predicted molar refractivity (Wildman–Crippen MR) is 96.5 cm³/mol. The van der Waals surface area contributed by atoms with Gasteiger partial charge in [0.2, 0.25) is 0 Å². The minimum absolute atomic E-state index is 1.06. The van der Waals surface area contributed by atoms with Crippen molar-refractivity contribution in [3.05, 3.63) is 109 Å². The van der Waals surface area contributed by atoms with Crippen LogP contribution in [0.15, 0.2) is 97.6 Å². The smallest absolute Gasteiger partial charge is 0.0398 e. The lowest BCUT2D eigenvalue weighted by atomic mass is 10.2. The lowest BCUT2D eigenvalue weighted by molar-refractivity contribution is 1.48. The molecule has 2 rings (SSSR count). The minimum atomic E-state index is 1.06. The van der Waals surface area contributed by atoms with E-state index in [9.17, 15) is 0 Å². The highest BCUT2D eigenvalue weighted by molar-refractivity contribution is 5.15. The van der Waals surface area contributed by atoms with E-state index in [1.807, 2.05) is 55.5 Å². The van der Waals surface area contributed by atoms with Gasteiger partial charge in [-0.05, 0) is 20.8 Å². The van der Waals surface area contributed by atoms with Gasteiger partial charge in [-0.15, -0.1) is 0 Å². The molecule has 0 saturated carbocycles. The molecule has 2 aromatic carbocycles. The van der Waals surface area contributed by atoms with E-state index in [1.165, 1.54) is 11.1 Å². The average Bonchev–Trinajstić information content (AvgIpc) is 2.48. The normalized spacial score (nSPS) is 8.90. The van der Waals surface area contributed by atoms with Crippen LogP contribution in [0, 0.1) is 13.8 Å². The van der Waals surface area contributed by atoms with E-state index in [2.05, 4.69) is 51.3 Å². The monoisotopic (exact) mass is 278 g/mol. The summed E-state index contributed by atoms with van der Waals surface area (Å²) in [5.41, 5.74) is 3.70. The molecule has 0 aliphatic heterocycles. The van der Waals surface area contributed by atoms with E-state index in [-0.39, 0.29) is 0 Å². The van der Waals surface area contributed by atoms with Crippen molar-refractivity contribution in [2.45, 2.75) is 20.8 Å². The predicted octanol–water partition coefficient (Wildman–Crippen LogP) is 6.29. The Morgan fingerprint density at radius 3 is 1.33 bits per heavy atom. The minimum Gasteiger partial charge on any atom is -0.0991 e. The van der Waals surface area contributed by atoms with E-state index in [0.717, 1.165) is 5.57 Å². The SMILES string of the molecule is C=C/C=C\C(=C)C.Cc1ccccc1.Cc1ccccc1. The van der Waals surface area contributed by atoms with E-state index in [1.54, 1.807) is 6.08 Å². The van der Waals surface area contributed by atoms with E-state index in [4.69, 9.17) is 0 Å². The Morgan fingerprint density at radius 1 is 0.810 bits per heavy atom. The Kier molecular flexibility index (Phi) is 11.3. The van der Waals surface area contributed by atoms with Crippen molar-refractivity contribution >= 4 is 0 Å². The number of hydrogen-bond acceptors (Lipinski definition) is 0. The fourth-order valence-electron chi connectivity index (χ4n) is 1.30. The molecule has 0 radical (unpaired) electrons. The first kappa shape index (κ1) is 18.7. The molecule has 0 aromatic heterocycles. The van der Waals surface area contributed by atoms with Crippen LogP contribution in [0.5, 0.6) is 0 Å². The molecule has 0 nitrogen and oxygen atoms in total. The molecule has 0 amide bonds. The highest BCUT2D eigenvalue weighted by atomic mass is 13.8. The Bertz CT molecular complexity index is 481. The maximum absolute atomic E-state index is 3.66. The fourth-order valence-corrected chi connectivity index (χ4v) is 1.30. The molecule has 0 atom stereocenters. The van der Waals surface area contributed by atoms with Gasteiger partial charge in [0, 0.05) is 0 Å². The van der Waals surface area contributed by atoms with Gasteiger partial charge in [0.25, 0.3) is 0 Å². The van der Waals surface area contributed by atoms with Gasteiger partial charge < -0.3 is 0 Å². The Labute approximate surface area is 130 Å². The van der Waals surface area contributed by atoms with Gasteiger partial charge in [-0.3, -0.25) is 0 Å². The molecule has 0 N–H and O–H groups in total. The molecule has 0 heterocycles. The summed E-state index contributed by atoms with van der Waals surface area (Å²) in [6.07, 6.45) is 5.50. The van der Waals surface area contributed by atoms with Gasteiger partial charge >= 0.3 is 0 Å². The molecule has 0 saturated heterocycles. The highest BCUT2D eigenvalue weighted by Gasteiger charge is 1.72. The summed E-state index contributed by atoms with van der Waals surface area (Å²) >= 11 is 0. The lowest BCUT2D eigenvalue weighted by Crippen LogP contribution is -1.62. The molecule has 0 aliphatic rings. The van der Waals surface area contributed by atoms with Crippen molar-refractivity contribution in [1.82, 2.24) is 0 Å². The molecular weight excluding hydrogens is 252 g/mol. The van der Waals surface area contributed by atoms with Gasteiger partial charge in [0.15, 0.2) is 0 Å². The standard InChI is InChI=1S/2C7H8.C7H10/c2*1-7-5-3-2-4-6-7;1-4-5-6-7(2)3/h2*2-6H,1H3;4-6H,1-2H2,3H3/b;;6-5-. The molecule has 0 aliphatic carbocycles. The first-order valence-electron chi connectivity index (χ1n) is 7.04. The Morgan fingerprint density at radius 2 is 1.19 bits per heavy atom. The van der Waals surface area contributed by atoms with E-state index >= 15 is 0 Å². The van der Waals surface area contributed by atoms with Crippen LogP contribution >= 0.6 is 0 Å². The van der Waals surface area contributed by atoms with Crippen LogP contribution in [-0.2, 0) is 0 Å². The quantitative estimate of drug-likeness (QED) is 0.566. The molecule has 21 heavy (non-hydrogen) atoms. The summed E-state index contributed by atoms with van der Waals surface area (Å²) < 4.78 is 0. The van der Waals surface area contributed by atoms with Crippen molar-refractivity contribution in [3.8, 4) is 0 Å². The van der Waals surface area contributed by atoms with E-state index in [0.29, 0.717) is 0 Å². The van der Waals surface area contributed by atoms with Crippen molar-refractivity contribution in [1.29, 1.82) is 0 Å². The zero-order valence-electron chi connectivity index (χ0n) is 13.4. The van der Waals surface area contributed by atoms with Crippen molar-refractivity contribution in [2.24, 2.45) is 0 Å². The topological polar surface area (TPSA) is 0 Å². The van der Waals surface area contributed by atoms with Crippen LogP contribution in [0.25, 0.3) is 0 Å². The van der Waals surface area contributed by atoms with Crippen molar-refractivity contribution in [2.75, 3.05) is 0 Å². The van der Waals surface area contributed by atoms with Gasteiger partial charge in [-0.25, -0.2) is 0 Å². The van der Waals surface area contributed by atoms with Gasteiger partial charge in [-0.2, -0.15) is 0 Å². The molecule has 0 spiro atoms. The maximum atomic E-state index is 3.66. The third-order valence-corrected chi connectivity index (χ3v) is 2.40. The molecule has 0 fully saturated rings. The molecule has 110 valence electrons. The van der Waals surface area contributed by atoms with Crippen LogP contribution in [0.3, 0.4) is 0 Å². The summed E-state index contributed by atoms with van der Waals surface area (Å²) in [4.78, 5) is 0. The van der Waals surface area contributed by atoms with Crippen molar-refractivity contribution < 1.29 is 0 Å². The fraction of sp³-hybridized carbons (Fsp3) is 0.143. The summed E-state index contributed by atoms with van der Waals surface area (Å²) in [5.74, 6) is 0. The van der Waals surface area contributed by atoms with Crippen LogP contribution in [0.1, 0.15) is 18.1 Å². The summed E-state index contributed by atoms with van der Waals surface area (Å²) in [7, 11) is 0. The van der Waals surface area contributed by atoms with E-state index < -0.39 is 0 Å². The number of benzene rings is 2. The first-order valence-corrected chi connectivity index (χ1v) is 7.04. The number of hydrogen-bond donors (Lipinski definition) is 0. The largest absolute Gasteiger partial charge is 0.0991 e. The van der Waals surface area contributed by atoms with Crippen LogP contribution < -0.4 is 0 Å². The Balaban J connectivity index is 0.000000286. The second-order valence-electron chi connectivity index (χ2n) is 4.75. The molecule has 0 heteroatoms. The number of aryl methyl sites for hydroxylation is 2. The van der Waals surface area contributed by atoms with Crippen LogP contribution in [0.4, 0.5) is 0 Å². The molecule has 0 bridgehead atoms. The zero-order chi connectivity index (χ0) is 15.9. The molecule has 2 aromatic rings. The summed E-state index contributed by atoms with van der Waals surface area (Å²) in [6, 6.07) is 20.5. The summed E-state index contributed by atoms with van der Waals surface area (Å²) in [5, 5.41) is 0. The van der Waals surface area contributed by atoms with Gasteiger partial charge in [-0.1, -0.05) is 109 Å². The first-order chi connectivity index (χ1) is 10.1.